The van der Waals surface area contributed by atoms with Gasteiger partial charge in [-0.25, -0.2) is 0 Å². The van der Waals surface area contributed by atoms with Gasteiger partial charge in [-0.1, -0.05) is 12.2 Å². The van der Waals surface area contributed by atoms with E-state index < -0.39 is 0 Å². The van der Waals surface area contributed by atoms with Crippen LogP contribution in [0.25, 0.3) is 0 Å². The molecule has 0 saturated carbocycles. The lowest BCUT2D eigenvalue weighted by Gasteiger charge is -1.94. The van der Waals surface area contributed by atoms with Gasteiger partial charge in [-0.15, -0.1) is 0 Å². The number of hydrogen-bond donors (Lipinski definition) is 1. The zero-order chi connectivity index (χ0) is 5.98. The fourth-order valence-corrected chi connectivity index (χ4v) is 0.775. The Morgan fingerprint density at radius 2 is 2.38 bits per heavy atom. The van der Waals surface area contributed by atoms with Crippen LogP contribution < -0.4 is 0 Å². The Kier molecular flexibility index (Phi) is 1.32. The summed E-state index contributed by atoms with van der Waals surface area (Å²) >= 11 is 0. The second kappa shape index (κ2) is 1.97. The Bertz CT molecular complexity index is 145. The van der Waals surface area contributed by atoms with Crippen LogP contribution in [0.1, 0.15) is 6.42 Å². The van der Waals surface area contributed by atoms with Crippen LogP contribution in [-0.4, -0.2) is 11.2 Å². The van der Waals surface area contributed by atoms with Gasteiger partial charge >= 0.3 is 0 Å². The molecule has 1 rings (SSSR count). The highest BCUT2D eigenvalue weighted by molar-refractivity contribution is 5.10. The van der Waals surface area contributed by atoms with E-state index in [1.807, 2.05) is 6.07 Å². The molecule has 0 fully saturated rings. The molecule has 0 heterocycles. The van der Waals surface area contributed by atoms with Crippen LogP contribution in [0.3, 0.4) is 0 Å². The molecular formula is C6H7NO. The third-order valence-corrected chi connectivity index (χ3v) is 1.23. The summed E-state index contributed by atoms with van der Waals surface area (Å²) in [4.78, 5) is 0. The predicted octanol–water partition coefficient (Wildman–Crippen LogP) is 0.447. The first-order valence-corrected chi connectivity index (χ1v) is 2.59. The Hall–Kier alpha value is -0.810. The normalized spacial score (nSPS) is 35.0. The van der Waals surface area contributed by atoms with Crippen molar-refractivity contribution in [3.8, 4) is 6.07 Å². The quantitative estimate of drug-likeness (QED) is 0.459. The molecule has 0 aliphatic heterocycles. The zero-order valence-corrected chi connectivity index (χ0v) is 4.41. The van der Waals surface area contributed by atoms with Crippen LogP contribution in [0.4, 0.5) is 0 Å². The third kappa shape index (κ3) is 0.877. The van der Waals surface area contributed by atoms with Gasteiger partial charge in [0.1, 0.15) is 0 Å². The van der Waals surface area contributed by atoms with Crippen molar-refractivity contribution < 1.29 is 5.11 Å². The summed E-state index contributed by atoms with van der Waals surface area (Å²) in [5.74, 6) is -0.0509. The Labute approximate surface area is 48.1 Å². The van der Waals surface area contributed by atoms with Crippen LogP contribution in [0.15, 0.2) is 12.2 Å². The first kappa shape index (κ1) is 5.33. The van der Waals surface area contributed by atoms with Gasteiger partial charge in [0.2, 0.25) is 0 Å². The van der Waals surface area contributed by atoms with Gasteiger partial charge in [0, 0.05) is 0 Å². The van der Waals surface area contributed by atoms with Crippen molar-refractivity contribution in [2.45, 2.75) is 12.5 Å². The highest BCUT2D eigenvalue weighted by atomic mass is 16.3. The average molecular weight is 109 g/mol. The molecule has 8 heavy (non-hydrogen) atoms. The fourth-order valence-electron chi connectivity index (χ4n) is 0.775. The van der Waals surface area contributed by atoms with Crippen molar-refractivity contribution in [1.29, 1.82) is 5.26 Å². The van der Waals surface area contributed by atoms with Crippen LogP contribution in [0.2, 0.25) is 0 Å². The Morgan fingerprint density at radius 1 is 1.62 bits per heavy atom. The smallest absolute Gasteiger partial charge is 0.0736 e. The van der Waals surface area contributed by atoms with E-state index >= 15 is 0 Å². The molecule has 1 aliphatic rings. The van der Waals surface area contributed by atoms with Gasteiger partial charge in [-0.2, -0.15) is 5.26 Å². The number of allylic oxidation sites excluding steroid dienone is 1. The van der Waals surface area contributed by atoms with Gasteiger partial charge < -0.3 is 5.11 Å². The highest BCUT2D eigenvalue weighted by Gasteiger charge is 2.14. The molecule has 0 aromatic heterocycles. The summed E-state index contributed by atoms with van der Waals surface area (Å²) in [6, 6.07) is 2.05. The summed E-state index contributed by atoms with van der Waals surface area (Å²) in [7, 11) is 0. The maximum Gasteiger partial charge on any atom is 0.0736 e. The summed E-state index contributed by atoms with van der Waals surface area (Å²) < 4.78 is 0. The van der Waals surface area contributed by atoms with E-state index in [2.05, 4.69) is 0 Å². The van der Waals surface area contributed by atoms with Gasteiger partial charge in [-0.3, -0.25) is 0 Å². The topological polar surface area (TPSA) is 44.0 Å². The van der Waals surface area contributed by atoms with Gasteiger partial charge in [0.15, 0.2) is 0 Å². The number of aliphatic hydroxyl groups excluding tert-OH is 1. The molecule has 2 heteroatoms. The SMILES string of the molecule is N#CC1C=CC(O)C1. The molecule has 2 nitrogen and oxygen atoms in total. The molecule has 0 radical (unpaired) electrons. The lowest BCUT2D eigenvalue weighted by atomic mass is 10.1. The maximum atomic E-state index is 8.79. The van der Waals surface area contributed by atoms with Crippen molar-refractivity contribution in [3.05, 3.63) is 12.2 Å². The maximum absolute atomic E-state index is 8.79. The van der Waals surface area contributed by atoms with E-state index in [0.717, 1.165) is 0 Å². The molecule has 0 saturated heterocycles. The molecule has 1 N–H and O–H groups in total. The van der Waals surface area contributed by atoms with Crippen molar-refractivity contribution in [1.82, 2.24) is 0 Å². The molecule has 0 spiro atoms. The number of nitrogens with zero attached hydrogens (tertiary/aromatic N) is 1. The number of nitriles is 1. The van der Waals surface area contributed by atoms with Crippen molar-refractivity contribution in [2.75, 3.05) is 0 Å². The second-order valence-corrected chi connectivity index (χ2v) is 1.92. The molecule has 0 bridgehead atoms. The van der Waals surface area contributed by atoms with Crippen LogP contribution in [0, 0.1) is 17.2 Å². The predicted molar refractivity (Wildman–Crippen MR) is 28.9 cm³/mol. The Morgan fingerprint density at radius 3 is 2.62 bits per heavy atom. The van der Waals surface area contributed by atoms with E-state index in [-0.39, 0.29) is 12.0 Å². The van der Waals surface area contributed by atoms with Gasteiger partial charge in [-0.05, 0) is 6.42 Å². The molecule has 42 valence electrons. The van der Waals surface area contributed by atoms with Crippen molar-refractivity contribution in [3.63, 3.8) is 0 Å². The zero-order valence-electron chi connectivity index (χ0n) is 4.41. The number of hydrogen-bond acceptors (Lipinski definition) is 2. The van der Waals surface area contributed by atoms with E-state index in [4.69, 9.17) is 10.4 Å². The number of aliphatic hydroxyl groups is 1. The van der Waals surface area contributed by atoms with Crippen LogP contribution in [-0.2, 0) is 0 Å². The molecule has 0 aromatic rings. The van der Waals surface area contributed by atoms with E-state index in [0.29, 0.717) is 6.42 Å². The average Bonchev–Trinajstić information content (AvgIpc) is 2.14. The second-order valence-electron chi connectivity index (χ2n) is 1.92. The van der Waals surface area contributed by atoms with Crippen molar-refractivity contribution >= 4 is 0 Å². The van der Waals surface area contributed by atoms with E-state index in [1.165, 1.54) is 0 Å². The third-order valence-electron chi connectivity index (χ3n) is 1.23. The highest BCUT2D eigenvalue weighted by Crippen LogP contribution is 2.15. The fraction of sp³-hybridized carbons (Fsp3) is 0.500. The first-order valence-electron chi connectivity index (χ1n) is 2.59. The molecule has 2 atom stereocenters. The molecule has 1 aliphatic carbocycles. The van der Waals surface area contributed by atoms with Gasteiger partial charge in [0.25, 0.3) is 0 Å². The number of rotatable bonds is 0. The molecule has 2 unspecified atom stereocenters. The summed E-state index contributed by atoms with van der Waals surface area (Å²) in [6.45, 7) is 0. The minimum atomic E-state index is -0.375. The van der Waals surface area contributed by atoms with Gasteiger partial charge in [0.05, 0.1) is 18.1 Å². The van der Waals surface area contributed by atoms with Crippen molar-refractivity contribution in [2.24, 2.45) is 5.92 Å². The monoisotopic (exact) mass is 109 g/mol. The minimum Gasteiger partial charge on any atom is -0.389 e. The van der Waals surface area contributed by atoms with E-state index in [9.17, 15) is 0 Å². The molecule has 0 amide bonds. The Balaban J connectivity index is 2.49. The molecular weight excluding hydrogens is 102 g/mol. The molecule has 0 aromatic carbocycles. The summed E-state index contributed by atoms with van der Waals surface area (Å²) in [5.41, 5.74) is 0. The summed E-state index contributed by atoms with van der Waals surface area (Å²) in [6.07, 6.45) is 3.61. The first-order chi connectivity index (χ1) is 3.83. The largest absolute Gasteiger partial charge is 0.389 e. The minimum absolute atomic E-state index is 0.0509. The standard InChI is InChI=1S/C6H7NO/c7-4-5-1-2-6(8)3-5/h1-2,5-6,8H,3H2. The van der Waals surface area contributed by atoms with E-state index in [1.54, 1.807) is 12.2 Å². The van der Waals surface area contributed by atoms with Crippen LogP contribution in [0.5, 0.6) is 0 Å². The lowest BCUT2D eigenvalue weighted by molar-refractivity contribution is 0.216. The van der Waals surface area contributed by atoms with Crippen LogP contribution >= 0.6 is 0 Å². The lowest BCUT2D eigenvalue weighted by Crippen LogP contribution is -1.99. The summed E-state index contributed by atoms with van der Waals surface area (Å²) in [5, 5.41) is 17.1.